The topological polar surface area (TPSA) is 78.8 Å². The molecule has 15 heavy (non-hydrogen) atoms. The minimum absolute atomic E-state index is 0.0395. The van der Waals surface area contributed by atoms with E-state index in [4.69, 9.17) is 9.84 Å². The molecule has 0 aliphatic rings. The monoisotopic (exact) mass is 219 g/mol. The molecule has 0 radical (unpaired) electrons. The average molecular weight is 219 g/mol. The van der Waals surface area contributed by atoms with Crippen molar-refractivity contribution in [1.82, 2.24) is 5.32 Å². The van der Waals surface area contributed by atoms with Crippen LogP contribution in [0.5, 0.6) is 0 Å². The van der Waals surface area contributed by atoms with Crippen LogP contribution < -0.4 is 5.32 Å². The van der Waals surface area contributed by atoms with E-state index in [-0.39, 0.29) is 19.0 Å². The van der Waals surface area contributed by atoms with Crippen molar-refractivity contribution in [2.75, 3.05) is 13.2 Å². The maximum absolute atomic E-state index is 11.1. The van der Waals surface area contributed by atoms with E-state index < -0.39 is 11.8 Å². The number of hydrogen-bond donors (Lipinski definition) is 3. The summed E-state index contributed by atoms with van der Waals surface area (Å²) in [5.41, 5.74) is -0.983. The van der Waals surface area contributed by atoms with Crippen LogP contribution in [0.2, 0.25) is 0 Å². The van der Waals surface area contributed by atoms with Crippen molar-refractivity contribution in [3.05, 3.63) is 0 Å². The zero-order chi connectivity index (χ0) is 11.9. The van der Waals surface area contributed by atoms with E-state index in [1.54, 1.807) is 13.8 Å². The van der Waals surface area contributed by atoms with Gasteiger partial charge in [-0.1, -0.05) is 6.92 Å². The number of aliphatic hydroxyl groups is 2. The summed E-state index contributed by atoms with van der Waals surface area (Å²) >= 11 is 0. The smallest absolute Gasteiger partial charge is 0.307 e. The number of carbonyl (C=O) groups is 1. The van der Waals surface area contributed by atoms with Gasteiger partial charge in [-0.2, -0.15) is 0 Å². The summed E-state index contributed by atoms with van der Waals surface area (Å²) in [6, 6.07) is 0. The third-order valence-corrected chi connectivity index (χ3v) is 1.79. The minimum Gasteiger partial charge on any atom is -0.463 e. The highest BCUT2D eigenvalue weighted by Crippen LogP contribution is 1.96. The molecule has 0 fully saturated rings. The van der Waals surface area contributed by atoms with Gasteiger partial charge in [0.05, 0.1) is 12.5 Å². The summed E-state index contributed by atoms with van der Waals surface area (Å²) < 4.78 is 4.80. The van der Waals surface area contributed by atoms with Gasteiger partial charge in [-0.3, -0.25) is 10.1 Å². The van der Waals surface area contributed by atoms with Crippen LogP contribution in [0.4, 0.5) is 0 Å². The predicted molar refractivity (Wildman–Crippen MR) is 56.2 cm³/mol. The highest BCUT2D eigenvalue weighted by molar-refractivity contribution is 5.69. The van der Waals surface area contributed by atoms with Gasteiger partial charge in [0.2, 0.25) is 0 Å². The number of esters is 1. The molecule has 0 rings (SSSR count). The molecule has 0 saturated carbocycles. The molecule has 0 aromatic heterocycles. The quantitative estimate of drug-likeness (QED) is 0.415. The van der Waals surface area contributed by atoms with Crippen LogP contribution >= 0.6 is 0 Å². The van der Waals surface area contributed by atoms with Gasteiger partial charge >= 0.3 is 5.97 Å². The van der Waals surface area contributed by atoms with Gasteiger partial charge in [-0.05, 0) is 20.3 Å². The van der Waals surface area contributed by atoms with Gasteiger partial charge in [0.1, 0.15) is 12.3 Å². The lowest BCUT2D eigenvalue weighted by molar-refractivity contribution is -0.146. The molecular weight excluding hydrogens is 198 g/mol. The van der Waals surface area contributed by atoms with Crippen molar-refractivity contribution in [1.29, 1.82) is 0 Å². The second kappa shape index (κ2) is 6.76. The van der Waals surface area contributed by atoms with E-state index in [0.29, 0.717) is 13.0 Å². The van der Waals surface area contributed by atoms with E-state index in [0.717, 1.165) is 0 Å². The van der Waals surface area contributed by atoms with Gasteiger partial charge in [0.25, 0.3) is 0 Å². The molecule has 5 nitrogen and oxygen atoms in total. The summed E-state index contributed by atoms with van der Waals surface area (Å²) in [5.74, 6) is -0.376. The molecule has 90 valence electrons. The van der Waals surface area contributed by atoms with Crippen molar-refractivity contribution in [3.8, 4) is 0 Å². The van der Waals surface area contributed by atoms with E-state index in [1.165, 1.54) is 0 Å². The molecular formula is C10H21NO4. The number of nitrogens with one attached hydrogen (secondary N) is 1. The molecule has 0 saturated heterocycles. The van der Waals surface area contributed by atoms with E-state index in [2.05, 4.69) is 5.32 Å². The molecule has 0 bridgehead atoms. The van der Waals surface area contributed by atoms with Gasteiger partial charge in [0.15, 0.2) is 0 Å². The molecule has 0 aromatic carbocycles. The third-order valence-electron chi connectivity index (χ3n) is 1.79. The van der Waals surface area contributed by atoms with Gasteiger partial charge in [-0.25, -0.2) is 0 Å². The first-order valence-electron chi connectivity index (χ1n) is 5.16. The Hall–Kier alpha value is -0.650. The molecule has 0 aromatic rings. The average Bonchev–Trinajstić information content (AvgIpc) is 2.12. The fourth-order valence-corrected chi connectivity index (χ4v) is 0.850. The Labute approximate surface area is 90.4 Å². The molecule has 0 aliphatic heterocycles. The van der Waals surface area contributed by atoms with Crippen LogP contribution in [0.1, 0.15) is 33.6 Å². The van der Waals surface area contributed by atoms with Crippen molar-refractivity contribution >= 4 is 5.97 Å². The van der Waals surface area contributed by atoms with Crippen molar-refractivity contribution in [2.24, 2.45) is 0 Å². The number of carbonyl (C=O) groups excluding carboxylic acids is 1. The Bertz CT molecular complexity index is 188. The number of hydrogen-bond acceptors (Lipinski definition) is 5. The highest BCUT2D eigenvalue weighted by atomic mass is 16.5. The fourth-order valence-electron chi connectivity index (χ4n) is 0.850. The maximum atomic E-state index is 11.1. The summed E-state index contributed by atoms with van der Waals surface area (Å²) in [6.07, 6.45) is 0.159. The van der Waals surface area contributed by atoms with Crippen LogP contribution in [0, 0.1) is 0 Å². The first-order valence-corrected chi connectivity index (χ1v) is 5.16. The summed E-state index contributed by atoms with van der Waals surface area (Å²) in [4.78, 5) is 11.1. The Balaban J connectivity index is 3.50. The maximum Gasteiger partial charge on any atom is 0.307 e. The number of aliphatic hydroxyl groups excluding tert-OH is 1. The van der Waals surface area contributed by atoms with Crippen molar-refractivity contribution in [2.45, 2.75) is 45.4 Å². The van der Waals surface area contributed by atoms with Gasteiger partial charge in [0, 0.05) is 6.54 Å². The molecule has 1 atom stereocenters. The predicted octanol–water partition coefficient (Wildman–Crippen LogP) is 0.00860. The molecule has 0 spiro atoms. The zero-order valence-electron chi connectivity index (χ0n) is 9.62. The lowest BCUT2D eigenvalue weighted by Gasteiger charge is -2.18. The summed E-state index contributed by atoms with van der Waals surface area (Å²) in [6.45, 7) is 5.40. The molecule has 3 N–H and O–H groups in total. The molecule has 0 amide bonds. The van der Waals surface area contributed by atoms with Crippen LogP contribution in [0.3, 0.4) is 0 Å². The largest absolute Gasteiger partial charge is 0.463 e. The highest BCUT2D eigenvalue weighted by Gasteiger charge is 2.12. The van der Waals surface area contributed by atoms with E-state index >= 15 is 0 Å². The van der Waals surface area contributed by atoms with E-state index in [1.807, 2.05) is 6.92 Å². The SMILES string of the molecule is CCC(O)COC(=O)CCNC(C)(C)O. The van der Waals surface area contributed by atoms with Crippen LogP contribution in [-0.2, 0) is 9.53 Å². The first-order chi connectivity index (χ1) is 6.85. The lowest BCUT2D eigenvalue weighted by Crippen LogP contribution is -2.40. The third kappa shape index (κ3) is 9.65. The lowest BCUT2D eigenvalue weighted by atomic mass is 10.3. The first kappa shape index (κ1) is 14.3. The molecule has 0 heterocycles. The molecule has 1 unspecified atom stereocenters. The van der Waals surface area contributed by atoms with Crippen LogP contribution in [-0.4, -0.2) is 41.2 Å². The fraction of sp³-hybridized carbons (Fsp3) is 0.900. The minimum atomic E-state index is -0.983. The summed E-state index contributed by atoms with van der Waals surface area (Å²) in [7, 11) is 0. The number of ether oxygens (including phenoxy) is 1. The van der Waals surface area contributed by atoms with Crippen LogP contribution in [0.15, 0.2) is 0 Å². The molecule has 0 aliphatic carbocycles. The Kier molecular flexibility index (Phi) is 6.47. The summed E-state index contributed by atoms with van der Waals surface area (Å²) in [5, 5.41) is 21.2. The van der Waals surface area contributed by atoms with E-state index in [9.17, 15) is 9.90 Å². The van der Waals surface area contributed by atoms with Gasteiger partial charge < -0.3 is 14.9 Å². The van der Waals surface area contributed by atoms with Crippen molar-refractivity contribution in [3.63, 3.8) is 0 Å². The molecule has 5 heteroatoms. The second-order valence-corrected chi connectivity index (χ2v) is 3.98. The normalized spacial score (nSPS) is 13.7. The Morgan fingerprint density at radius 3 is 2.60 bits per heavy atom. The van der Waals surface area contributed by atoms with Gasteiger partial charge in [-0.15, -0.1) is 0 Å². The van der Waals surface area contributed by atoms with Crippen molar-refractivity contribution < 1.29 is 19.7 Å². The Morgan fingerprint density at radius 1 is 1.53 bits per heavy atom. The van der Waals surface area contributed by atoms with Crippen LogP contribution in [0.25, 0.3) is 0 Å². The second-order valence-electron chi connectivity index (χ2n) is 3.98. The standard InChI is InChI=1S/C10H21NO4/c1-4-8(12)7-15-9(13)5-6-11-10(2,3)14/h8,11-12,14H,4-7H2,1-3H3. The zero-order valence-corrected chi connectivity index (χ0v) is 9.62. The number of rotatable bonds is 7. The Morgan fingerprint density at radius 2 is 2.13 bits per heavy atom.